The molecule has 82 valence electrons. The first-order chi connectivity index (χ1) is 6.75. The highest BCUT2D eigenvalue weighted by molar-refractivity contribution is 5.77. The van der Waals surface area contributed by atoms with Crippen LogP contribution in [-0.4, -0.2) is 24.3 Å². The van der Waals surface area contributed by atoms with Crippen LogP contribution in [0.2, 0.25) is 0 Å². The lowest BCUT2D eigenvalue weighted by Gasteiger charge is -2.39. The average Bonchev–Trinajstić information content (AvgIpc) is 2.10. The van der Waals surface area contributed by atoms with Gasteiger partial charge in [-0.15, -0.1) is 0 Å². The lowest BCUT2D eigenvalue weighted by Crippen LogP contribution is -2.39. The van der Waals surface area contributed by atoms with Crippen LogP contribution >= 0.6 is 0 Å². The third-order valence-electron chi connectivity index (χ3n) is 3.08. The highest BCUT2D eigenvalue weighted by Gasteiger charge is 2.44. The van der Waals surface area contributed by atoms with E-state index in [4.69, 9.17) is 9.84 Å². The van der Waals surface area contributed by atoms with Crippen molar-refractivity contribution in [2.45, 2.75) is 45.4 Å². The molecule has 0 aromatic carbocycles. The summed E-state index contributed by atoms with van der Waals surface area (Å²) in [5.74, 6) is -0.0239. The molecule has 3 nitrogen and oxygen atoms in total. The Bertz CT molecular complexity index is 185. The van der Waals surface area contributed by atoms with Crippen LogP contribution in [0.1, 0.15) is 45.4 Å². The van der Waals surface area contributed by atoms with Crippen molar-refractivity contribution in [3.63, 3.8) is 0 Å². The summed E-state index contributed by atoms with van der Waals surface area (Å²) in [7, 11) is 0. The first-order valence-electron chi connectivity index (χ1n) is 5.53. The fourth-order valence-corrected chi connectivity index (χ4v) is 2.02. The molecule has 1 aliphatic carbocycles. The maximum Gasteiger partial charge on any atom is 0.312 e. The number of esters is 1. The van der Waals surface area contributed by atoms with E-state index in [1.165, 1.54) is 0 Å². The normalized spacial score (nSPS) is 18.7. The van der Waals surface area contributed by atoms with Gasteiger partial charge in [-0.25, -0.2) is 0 Å². The minimum atomic E-state index is -0.189. The predicted molar refractivity (Wildman–Crippen MR) is 53.9 cm³/mol. The fourth-order valence-electron chi connectivity index (χ4n) is 2.02. The number of hydrogen-bond acceptors (Lipinski definition) is 3. The number of aliphatic hydroxyl groups is 1. The quantitative estimate of drug-likeness (QED) is 0.526. The van der Waals surface area contributed by atoms with Gasteiger partial charge in [0.05, 0.1) is 12.0 Å². The van der Waals surface area contributed by atoms with E-state index in [0.29, 0.717) is 6.61 Å². The van der Waals surface area contributed by atoms with Crippen molar-refractivity contribution in [2.75, 3.05) is 13.2 Å². The summed E-state index contributed by atoms with van der Waals surface area (Å²) in [6.07, 6.45) is 5.68. The minimum absolute atomic E-state index is 0.0239. The summed E-state index contributed by atoms with van der Waals surface area (Å²) in [6.45, 7) is 2.54. The number of carbonyl (C=O) groups excluding carboxylic acids is 1. The van der Waals surface area contributed by atoms with E-state index >= 15 is 0 Å². The van der Waals surface area contributed by atoms with E-state index in [0.717, 1.165) is 38.5 Å². The molecule has 0 aliphatic heterocycles. The molecule has 0 radical (unpaired) electrons. The minimum Gasteiger partial charge on any atom is -0.466 e. The van der Waals surface area contributed by atoms with Crippen molar-refractivity contribution < 1.29 is 14.6 Å². The van der Waals surface area contributed by atoms with E-state index in [1.54, 1.807) is 0 Å². The van der Waals surface area contributed by atoms with Crippen LogP contribution in [0.15, 0.2) is 0 Å². The van der Waals surface area contributed by atoms with Gasteiger partial charge < -0.3 is 9.84 Å². The van der Waals surface area contributed by atoms with Crippen molar-refractivity contribution in [1.82, 2.24) is 0 Å². The van der Waals surface area contributed by atoms with Crippen molar-refractivity contribution in [3.05, 3.63) is 0 Å². The summed E-state index contributed by atoms with van der Waals surface area (Å²) in [5, 5.41) is 8.68. The Morgan fingerprint density at radius 3 is 2.57 bits per heavy atom. The van der Waals surface area contributed by atoms with Gasteiger partial charge in [0.25, 0.3) is 0 Å². The molecule has 1 rings (SSSR count). The standard InChI is InChI=1S/C11H20O3/c1-2-14-10(13)11(7-5-8-11)6-3-4-9-12/h12H,2-9H2,1H3. The van der Waals surface area contributed by atoms with Gasteiger partial charge in [-0.3, -0.25) is 4.79 Å². The first kappa shape index (κ1) is 11.5. The lowest BCUT2D eigenvalue weighted by atomic mass is 9.66. The molecular weight excluding hydrogens is 180 g/mol. The molecular formula is C11H20O3. The molecule has 0 amide bonds. The van der Waals surface area contributed by atoms with Gasteiger partial charge in [-0.05, 0) is 32.6 Å². The Morgan fingerprint density at radius 2 is 2.14 bits per heavy atom. The number of aliphatic hydroxyl groups excluding tert-OH is 1. The van der Waals surface area contributed by atoms with Gasteiger partial charge >= 0.3 is 5.97 Å². The van der Waals surface area contributed by atoms with E-state index in [-0.39, 0.29) is 18.0 Å². The second-order valence-corrected chi connectivity index (χ2v) is 4.04. The van der Waals surface area contributed by atoms with Crippen LogP contribution in [0.25, 0.3) is 0 Å². The van der Waals surface area contributed by atoms with Crippen molar-refractivity contribution in [3.8, 4) is 0 Å². The molecule has 0 heterocycles. The van der Waals surface area contributed by atoms with Gasteiger partial charge in [-0.1, -0.05) is 12.8 Å². The second-order valence-electron chi connectivity index (χ2n) is 4.04. The zero-order valence-electron chi connectivity index (χ0n) is 8.92. The second kappa shape index (κ2) is 5.35. The predicted octanol–water partition coefficient (Wildman–Crippen LogP) is 1.88. The van der Waals surface area contributed by atoms with E-state index in [9.17, 15) is 4.79 Å². The Balaban J connectivity index is 2.36. The summed E-state index contributed by atoms with van der Waals surface area (Å²) in [6, 6.07) is 0. The lowest BCUT2D eigenvalue weighted by molar-refractivity contribution is -0.161. The molecule has 14 heavy (non-hydrogen) atoms. The van der Waals surface area contributed by atoms with Gasteiger partial charge in [0, 0.05) is 6.61 Å². The molecule has 1 fully saturated rings. The zero-order valence-corrected chi connectivity index (χ0v) is 8.92. The molecule has 0 aromatic rings. The molecule has 0 aromatic heterocycles. The number of hydrogen-bond donors (Lipinski definition) is 1. The molecule has 0 spiro atoms. The Morgan fingerprint density at radius 1 is 1.43 bits per heavy atom. The van der Waals surface area contributed by atoms with E-state index < -0.39 is 0 Å². The maximum absolute atomic E-state index is 11.7. The molecule has 0 unspecified atom stereocenters. The van der Waals surface area contributed by atoms with E-state index in [2.05, 4.69) is 0 Å². The van der Waals surface area contributed by atoms with Gasteiger partial charge in [0.1, 0.15) is 0 Å². The van der Waals surface area contributed by atoms with Crippen molar-refractivity contribution >= 4 is 5.97 Å². The summed E-state index contributed by atoms with van der Waals surface area (Å²) in [5.41, 5.74) is -0.189. The number of carbonyl (C=O) groups is 1. The molecule has 0 bridgehead atoms. The van der Waals surface area contributed by atoms with E-state index in [1.807, 2.05) is 6.92 Å². The smallest absolute Gasteiger partial charge is 0.312 e. The molecule has 0 saturated heterocycles. The Hall–Kier alpha value is -0.570. The molecule has 1 aliphatic rings. The number of unbranched alkanes of at least 4 members (excludes halogenated alkanes) is 1. The van der Waals surface area contributed by atoms with Crippen LogP contribution in [0.5, 0.6) is 0 Å². The van der Waals surface area contributed by atoms with Crippen LogP contribution in [0.4, 0.5) is 0 Å². The van der Waals surface area contributed by atoms with Crippen molar-refractivity contribution in [2.24, 2.45) is 5.41 Å². The largest absolute Gasteiger partial charge is 0.466 e. The van der Waals surface area contributed by atoms with Crippen molar-refractivity contribution in [1.29, 1.82) is 0 Å². The van der Waals surface area contributed by atoms with Crippen LogP contribution in [0.3, 0.4) is 0 Å². The monoisotopic (exact) mass is 200 g/mol. The fraction of sp³-hybridized carbons (Fsp3) is 0.909. The molecule has 1 saturated carbocycles. The SMILES string of the molecule is CCOC(=O)C1(CCCCO)CCC1. The van der Waals surface area contributed by atoms with Crippen LogP contribution in [-0.2, 0) is 9.53 Å². The molecule has 1 N–H and O–H groups in total. The highest BCUT2D eigenvalue weighted by Crippen LogP contribution is 2.46. The maximum atomic E-state index is 11.7. The summed E-state index contributed by atoms with van der Waals surface area (Å²) in [4.78, 5) is 11.7. The van der Waals surface area contributed by atoms with Gasteiger partial charge in [-0.2, -0.15) is 0 Å². The Kier molecular flexibility index (Phi) is 4.39. The van der Waals surface area contributed by atoms with Gasteiger partial charge in [0.15, 0.2) is 0 Å². The summed E-state index contributed by atoms with van der Waals surface area (Å²) < 4.78 is 5.08. The highest BCUT2D eigenvalue weighted by atomic mass is 16.5. The van der Waals surface area contributed by atoms with Gasteiger partial charge in [0.2, 0.25) is 0 Å². The van der Waals surface area contributed by atoms with Crippen LogP contribution in [0, 0.1) is 5.41 Å². The average molecular weight is 200 g/mol. The van der Waals surface area contributed by atoms with Crippen LogP contribution < -0.4 is 0 Å². The first-order valence-corrected chi connectivity index (χ1v) is 5.53. The molecule has 0 atom stereocenters. The third-order valence-corrected chi connectivity index (χ3v) is 3.08. The Labute approximate surface area is 85.5 Å². The topological polar surface area (TPSA) is 46.5 Å². The third kappa shape index (κ3) is 2.47. The zero-order chi connectivity index (χ0) is 10.4. The number of ether oxygens (including phenoxy) is 1. The molecule has 3 heteroatoms. The summed E-state index contributed by atoms with van der Waals surface area (Å²) >= 11 is 0. The number of rotatable bonds is 6.